The normalized spacial score (nSPS) is 31.2. The van der Waals surface area contributed by atoms with E-state index in [1.807, 2.05) is 0 Å². The Morgan fingerprint density at radius 3 is 2.55 bits per heavy atom. The van der Waals surface area contributed by atoms with Gasteiger partial charge in [0, 0.05) is 0 Å². The lowest BCUT2D eigenvalue weighted by molar-refractivity contribution is -0.0130. The minimum absolute atomic E-state index is 0.0837. The Morgan fingerprint density at radius 2 is 2.00 bits per heavy atom. The van der Waals surface area contributed by atoms with E-state index in [9.17, 15) is 20.4 Å². The van der Waals surface area contributed by atoms with Crippen LogP contribution >= 0.6 is 0 Å². The SMILES string of the molecule is COc1ccc([C@@H]2N[C@H](C(O)CO)[C@H](O)[C@H]2O)cc1O. The molecule has 1 aliphatic rings. The zero-order valence-corrected chi connectivity index (χ0v) is 11.0. The molecule has 0 saturated carbocycles. The van der Waals surface area contributed by atoms with Crippen LogP contribution in [0.5, 0.6) is 11.5 Å². The van der Waals surface area contributed by atoms with Crippen LogP contribution in [0.15, 0.2) is 18.2 Å². The fraction of sp³-hybridized carbons (Fsp3) is 0.538. The molecule has 1 aromatic rings. The van der Waals surface area contributed by atoms with Gasteiger partial charge in [0.25, 0.3) is 0 Å². The number of phenolic OH excluding ortho intramolecular Hbond substituents is 1. The van der Waals surface area contributed by atoms with Gasteiger partial charge in [0.15, 0.2) is 11.5 Å². The molecule has 7 heteroatoms. The molecule has 1 aromatic carbocycles. The van der Waals surface area contributed by atoms with E-state index in [1.165, 1.54) is 13.2 Å². The summed E-state index contributed by atoms with van der Waals surface area (Å²) in [6.07, 6.45) is -3.56. The third-order valence-electron chi connectivity index (χ3n) is 3.59. The molecule has 0 bridgehead atoms. The summed E-state index contributed by atoms with van der Waals surface area (Å²) in [6.45, 7) is -0.526. The van der Waals surface area contributed by atoms with Crippen molar-refractivity contribution in [3.05, 3.63) is 23.8 Å². The van der Waals surface area contributed by atoms with Gasteiger partial charge in [0.1, 0.15) is 6.10 Å². The third-order valence-corrected chi connectivity index (χ3v) is 3.59. The molecular formula is C13H19NO6. The van der Waals surface area contributed by atoms with Gasteiger partial charge in [-0.3, -0.25) is 5.32 Å². The lowest BCUT2D eigenvalue weighted by atomic mass is 9.99. The first kappa shape index (κ1) is 15.0. The Labute approximate surface area is 116 Å². The highest BCUT2D eigenvalue weighted by atomic mass is 16.5. The van der Waals surface area contributed by atoms with Crippen molar-refractivity contribution in [2.45, 2.75) is 30.4 Å². The molecular weight excluding hydrogens is 266 g/mol. The van der Waals surface area contributed by atoms with Crippen LogP contribution in [-0.2, 0) is 0 Å². The van der Waals surface area contributed by atoms with Crippen molar-refractivity contribution in [3.63, 3.8) is 0 Å². The summed E-state index contributed by atoms with van der Waals surface area (Å²) in [5.41, 5.74) is 0.544. The number of hydrogen-bond acceptors (Lipinski definition) is 7. The summed E-state index contributed by atoms with van der Waals surface area (Å²) in [7, 11) is 1.43. The predicted molar refractivity (Wildman–Crippen MR) is 69.4 cm³/mol. The number of methoxy groups -OCH3 is 1. The fourth-order valence-corrected chi connectivity index (χ4v) is 2.46. The molecule has 0 aromatic heterocycles. The number of nitrogens with one attached hydrogen (secondary N) is 1. The Morgan fingerprint density at radius 1 is 1.30 bits per heavy atom. The highest BCUT2D eigenvalue weighted by Gasteiger charge is 2.44. The van der Waals surface area contributed by atoms with Gasteiger partial charge in [-0.15, -0.1) is 0 Å². The van der Waals surface area contributed by atoms with Crippen LogP contribution in [0.2, 0.25) is 0 Å². The van der Waals surface area contributed by atoms with Gasteiger partial charge in [-0.05, 0) is 17.7 Å². The lowest BCUT2D eigenvalue weighted by Crippen LogP contribution is -2.44. The molecule has 7 nitrogen and oxygen atoms in total. The summed E-state index contributed by atoms with van der Waals surface area (Å²) >= 11 is 0. The number of ether oxygens (including phenoxy) is 1. The van der Waals surface area contributed by atoms with Crippen LogP contribution in [0.1, 0.15) is 11.6 Å². The second-order valence-corrected chi connectivity index (χ2v) is 4.83. The van der Waals surface area contributed by atoms with E-state index in [2.05, 4.69) is 5.32 Å². The first-order chi connectivity index (χ1) is 9.49. The molecule has 5 atom stereocenters. The van der Waals surface area contributed by atoms with E-state index in [1.54, 1.807) is 12.1 Å². The van der Waals surface area contributed by atoms with E-state index >= 15 is 0 Å². The topological polar surface area (TPSA) is 122 Å². The molecule has 20 heavy (non-hydrogen) atoms. The average Bonchev–Trinajstić information content (AvgIpc) is 2.74. The number of aliphatic hydroxyl groups excluding tert-OH is 4. The van der Waals surface area contributed by atoms with Crippen LogP contribution < -0.4 is 10.1 Å². The number of phenols is 1. The first-order valence-corrected chi connectivity index (χ1v) is 6.27. The summed E-state index contributed by atoms with van der Waals surface area (Å²) in [4.78, 5) is 0. The van der Waals surface area contributed by atoms with E-state index in [4.69, 9.17) is 9.84 Å². The predicted octanol–water partition coefficient (Wildman–Crippen LogP) is -1.51. The highest BCUT2D eigenvalue weighted by molar-refractivity contribution is 5.43. The van der Waals surface area contributed by atoms with Crippen molar-refractivity contribution in [2.24, 2.45) is 0 Å². The minimum atomic E-state index is -1.22. The van der Waals surface area contributed by atoms with Gasteiger partial charge >= 0.3 is 0 Å². The molecule has 0 aliphatic carbocycles. The Bertz CT molecular complexity index is 468. The zero-order chi connectivity index (χ0) is 14.9. The summed E-state index contributed by atoms with van der Waals surface area (Å²) in [5.74, 6) is 0.216. The fourth-order valence-electron chi connectivity index (χ4n) is 2.46. The maximum atomic E-state index is 10.0. The smallest absolute Gasteiger partial charge is 0.160 e. The Balaban J connectivity index is 2.23. The van der Waals surface area contributed by atoms with Gasteiger partial charge in [-0.25, -0.2) is 0 Å². The molecule has 112 valence electrons. The number of aromatic hydroxyl groups is 1. The molecule has 1 aliphatic heterocycles. The quantitative estimate of drug-likeness (QED) is 0.397. The molecule has 1 heterocycles. The number of hydrogen-bond donors (Lipinski definition) is 6. The molecule has 1 unspecified atom stereocenters. The Kier molecular flexibility index (Phi) is 4.46. The van der Waals surface area contributed by atoms with Crippen molar-refractivity contribution in [1.29, 1.82) is 0 Å². The molecule has 1 saturated heterocycles. The van der Waals surface area contributed by atoms with Crippen molar-refractivity contribution in [2.75, 3.05) is 13.7 Å². The van der Waals surface area contributed by atoms with E-state index < -0.39 is 37.0 Å². The van der Waals surface area contributed by atoms with Crippen molar-refractivity contribution in [1.82, 2.24) is 5.32 Å². The van der Waals surface area contributed by atoms with Crippen LogP contribution in [0.4, 0.5) is 0 Å². The van der Waals surface area contributed by atoms with E-state index in [0.29, 0.717) is 11.3 Å². The average molecular weight is 285 g/mol. The van der Waals surface area contributed by atoms with Gasteiger partial charge in [-0.2, -0.15) is 0 Å². The standard InChI is InChI=1S/C13H19NO6/c1-20-9-3-2-6(4-7(9)16)10-12(18)13(19)11(14-10)8(17)5-15/h2-4,8,10-19H,5H2,1H3/t8?,10-,11+,12-,13-/m0/s1. The third kappa shape index (κ3) is 2.58. The number of aliphatic hydroxyl groups is 4. The largest absolute Gasteiger partial charge is 0.504 e. The number of benzene rings is 1. The van der Waals surface area contributed by atoms with Crippen molar-refractivity contribution in [3.8, 4) is 11.5 Å². The Hall–Kier alpha value is -1.38. The number of rotatable bonds is 4. The second kappa shape index (κ2) is 5.94. The van der Waals surface area contributed by atoms with E-state index in [0.717, 1.165) is 0 Å². The van der Waals surface area contributed by atoms with Gasteiger partial charge in [0.2, 0.25) is 0 Å². The lowest BCUT2D eigenvalue weighted by Gasteiger charge is -2.20. The zero-order valence-electron chi connectivity index (χ0n) is 11.0. The summed E-state index contributed by atoms with van der Waals surface area (Å²) in [5, 5.41) is 51.0. The monoisotopic (exact) mass is 285 g/mol. The second-order valence-electron chi connectivity index (χ2n) is 4.83. The molecule has 0 spiro atoms. The van der Waals surface area contributed by atoms with Crippen LogP contribution in [0.25, 0.3) is 0 Å². The minimum Gasteiger partial charge on any atom is -0.504 e. The van der Waals surface area contributed by atoms with Crippen LogP contribution in [0, 0.1) is 0 Å². The van der Waals surface area contributed by atoms with E-state index in [-0.39, 0.29) is 5.75 Å². The molecule has 2 rings (SSSR count). The van der Waals surface area contributed by atoms with Crippen molar-refractivity contribution >= 4 is 0 Å². The van der Waals surface area contributed by atoms with Crippen LogP contribution in [0.3, 0.4) is 0 Å². The first-order valence-electron chi connectivity index (χ1n) is 6.27. The highest BCUT2D eigenvalue weighted by Crippen LogP contribution is 2.34. The molecule has 1 fully saturated rings. The molecule has 0 radical (unpaired) electrons. The van der Waals surface area contributed by atoms with Gasteiger partial charge < -0.3 is 30.3 Å². The summed E-state index contributed by atoms with van der Waals surface area (Å²) in [6, 6.07) is 3.10. The summed E-state index contributed by atoms with van der Waals surface area (Å²) < 4.78 is 4.93. The van der Waals surface area contributed by atoms with Gasteiger partial charge in [0.05, 0.1) is 38.0 Å². The van der Waals surface area contributed by atoms with Gasteiger partial charge in [-0.1, -0.05) is 6.07 Å². The molecule has 0 amide bonds. The van der Waals surface area contributed by atoms with Crippen molar-refractivity contribution < 1.29 is 30.3 Å². The van der Waals surface area contributed by atoms with Crippen LogP contribution in [-0.4, -0.2) is 63.6 Å². The maximum absolute atomic E-state index is 10.0. The molecule has 6 N–H and O–H groups in total. The maximum Gasteiger partial charge on any atom is 0.160 e.